The lowest BCUT2D eigenvalue weighted by atomic mass is 10.3. The van der Waals surface area contributed by atoms with Crippen LogP contribution >= 0.6 is 7.60 Å². The molecule has 1 atom stereocenters. The minimum absolute atomic E-state index is 0.154. The number of nitrogens with two attached hydrogens (primary N) is 1. The molecule has 0 saturated heterocycles. The highest BCUT2D eigenvalue weighted by Crippen LogP contribution is 2.34. The first kappa shape index (κ1) is 10.1. The van der Waals surface area contributed by atoms with Crippen LogP contribution in [-0.4, -0.2) is 33.7 Å². The molecule has 10 heavy (non-hydrogen) atoms. The summed E-state index contributed by atoms with van der Waals surface area (Å²) >= 11 is 0. The second-order valence-corrected chi connectivity index (χ2v) is 3.90. The first-order valence-electron chi connectivity index (χ1n) is 2.86. The Morgan fingerprint density at radius 2 is 2.00 bits per heavy atom. The molecule has 0 spiro atoms. The molecule has 0 amide bonds. The zero-order valence-electron chi connectivity index (χ0n) is 5.47. The third-order valence-corrected chi connectivity index (χ3v) is 1.87. The van der Waals surface area contributed by atoms with Gasteiger partial charge in [-0.05, 0) is 6.42 Å². The summed E-state index contributed by atoms with van der Waals surface area (Å²) in [7, 11) is -3.92. The maximum absolute atomic E-state index is 10.2. The van der Waals surface area contributed by atoms with E-state index in [0.29, 0.717) is 0 Å². The molecule has 0 aliphatic heterocycles. The van der Waals surface area contributed by atoms with Crippen LogP contribution in [0, 0.1) is 0 Å². The van der Waals surface area contributed by atoms with Crippen molar-refractivity contribution in [1.29, 1.82) is 0 Å². The minimum Gasteiger partial charge on any atom is -0.395 e. The fourth-order valence-electron chi connectivity index (χ4n) is 0.425. The van der Waals surface area contributed by atoms with Crippen LogP contribution in [-0.2, 0) is 4.57 Å². The van der Waals surface area contributed by atoms with Crippen molar-refractivity contribution in [2.24, 2.45) is 5.73 Å². The van der Waals surface area contributed by atoms with Gasteiger partial charge >= 0.3 is 7.60 Å². The van der Waals surface area contributed by atoms with E-state index in [1.165, 1.54) is 0 Å². The molecule has 62 valence electrons. The number of hydrogen-bond donors (Lipinski definition) is 4. The second-order valence-electron chi connectivity index (χ2n) is 2.12. The van der Waals surface area contributed by atoms with E-state index in [2.05, 4.69) is 0 Å². The Hall–Kier alpha value is 0.0700. The van der Waals surface area contributed by atoms with Crippen LogP contribution in [0.4, 0.5) is 0 Å². The molecule has 0 aromatic rings. The normalized spacial score (nSPS) is 15.2. The van der Waals surface area contributed by atoms with Crippen molar-refractivity contribution in [1.82, 2.24) is 0 Å². The monoisotopic (exact) mass is 169 g/mol. The zero-order chi connectivity index (χ0) is 8.20. The summed E-state index contributed by atoms with van der Waals surface area (Å²) in [6.07, 6.45) is -0.102. The van der Waals surface area contributed by atoms with E-state index < -0.39 is 13.6 Å². The fourth-order valence-corrected chi connectivity index (χ4v) is 1.09. The fraction of sp³-hybridized carbons (Fsp3) is 1.00. The zero-order valence-corrected chi connectivity index (χ0v) is 6.37. The van der Waals surface area contributed by atoms with Gasteiger partial charge in [-0.3, -0.25) is 4.57 Å². The van der Waals surface area contributed by atoms with E-state index in [0.717, 1.165) is 0 Å². The van der Waals surface area contributed by atoms with Crippen LogP contribution in [0.3, 0.4) is 0 Å². The Balaban J connectivity index is 3.46. The van der Waals surface area contributed by atoms with Gasteiger partial charge in [-0.2, -0.15) is 0 Å². The molecule has 0 aliphatic rings. The third kappa shape index (κ3) is 6.19. The van der Waals surface area contributed by atoms with Gasteiger partial charge in [-0.1, -0.05) is 0 Å². The van der Waals surface area contributed by atoms with E-state index in [1.807, 2.05) is 0 Å². The highest BCUT2D eigenvalue weighted by atomic mass is 31.2. The Bertz CT molecular complexity index is 133. The van der Waals surface area contributed by atoms with Gasteiger partial charge in [0.25, 0.3) is 0 Å². The average molecular weight is 169 g/mol. The molecule has 0 fully saturated rings. The summed E-state index contributed by atoms with van der Waals surface area (Å²) in [5.74, 6) is 0. The molecule has 0 saturated carbocycles. The average Bonchev–Trinajstić information content (AvgIpc) is 1.81. The van der Waals surface area contributed by atoms with Crippen LogP contribution in [0.25, 0.3) is 0 Å². The van der Waals surface area contributed by atoms with Crippen LogP contribution in [0.15, 0.2) is 0 Å². The third-order valence-electron chi connectivity index (χ3n) is 1.03. The van der Waals surface area contributed by atoms with Gasteiger partial charge in [-0.25, -0.2) is 0 Å². The van der Waals surface area contributed by atoms with Gasteiger partial charge in [0, 0.05) is 6.04 Å². The van der Waals surface area contributed by atoms with Crippen LogP contribution < -0.4 is 5.73 Å². The summed E-state index contributed by atoms with van der Waals surface area (Å²) in [5, 5.41) is 8.35. The smallest absolute Gasteiger partial charge is 0.325 e. The largest absolute Gasteiger partial charge is 0.395 e. The molecule has 0 bridgehead atoms. The minimum atomic E-state index is -3.92. The first-order valence-corrected chi connectivity index (χ1v) is 4.66. The van der Waals surface area contributed by atoms with Gasteiger partial charge in [0.15, 0.2) is 0 Å². The predicted octanol–water partition coefficient (Wildman–Crippen LogP) is -1.13. The van der Waals surface area contributed by atoms with E-state index >= 15 is 0 Å². The molecule has 0 aromatic carbocycles. The summed E-state index contributed by atoms with van der Waals surface area (Å²) < 4.78 is 10.2. The maximum atomic E-state index is 10.2. The van der Waals surface area contributed by atoms with Crippen LogP contribution in [0.1, 0.15) is 6.42 Å². The number of aliphatic hydroxyl groups excluding tert-OH is 1. The van der Waals surface area contributed by atoms with Crippen molar-refractivity contribution in [3.63, 3.8) is 0 Å². The van der Waals surface area contributed by atoms with Crippen molar-refractivity contribution >= 4 is 7.60 Å². The Kier molecular flexibility index (Phi) is 4.08. The summed E-state index contributed by atoms with van der Waals surface area (Å²) in [4.78, 5) is 16.7. The number of rotatable bonds is 4. The molecule has 0 aliphatic carbocycles. The summed E-state index contributed by atoms with van der Waals surface area (Å²) in [5.41, 5.74) is 5.19. The number of aliphatic hydroxyl groups is 1. The molecule has 0 heterocycles. The van der Waals surface area contributed by atoms with Gasteiger partial charge in [0.2, 0.25) is 0 Å². The van der Waals surface area contributed by atoms with E-state index in [-0.39, 0.29) is 19.2 Å². The van der Waals surface area contributed by atoms with E-state index in [1.54, 1.807) is 0 Å². The second kappa shape index (κ2) is 4.05. The van der Waals surface area contributed by atoms with Crippen LogP contribution in [0.5, 0.6) is 0 Å². The summed E-state index contributed by atoms with van der Waals surface area (Å²) in [6.45, 7) is -0.236. The van der Waals surface area contributed by atoms with Crippen molar-refractivity contribution < 1.29 is 19.5 Å². The van der Waals surface area contributed by atoms with Gasteiger partial charge < -0.3 is 20.6 Å². The lowest BCUT2D eigenvalue weighted by Crippen LogP contribution is -2.25. The molecule has 5 nitrogen and oxygen atoms in total. The topological polar surface area (TPSA) is 104 Å². The highest BCUT2D eigenvalue weighted by Gasteiger charge is 2.14. The van der Waals surface area contributed by atoms with Crippen molar-refractivity contribution in [2.45, 2.75) is 12.5 Å². The molecule has 6 heteroatoms. The molecule has 0 rings (SSSR count). The van der Waals surface area contributed by atoms with E-state index in [4.69, 9.17) is 20.6 Å². The van der Waals surface area contributed by atoms with Crippen molar-refractivity contribution in [3.05, 3.63) is 0 Å². The SMILES string of the molecule is N[C@@H](CO)CCP(=O)(O)O. The standard InChI is InChI=1S/C4H12NO4P/c5-4(3-6)1-2-10(7,8)9/h4,6H,1-3,5H2,(H2,7,8,9)/t4-/m1/s1. The number of hydrogen-bond acceptors (Lipinski definition) is 3. The van der Waals surface area contributed by atoms with Gasteiger partial charge in [0.05, 0.1) is 12.8 Å². The molecular weight excluding hydrogens is 157 g/mol. The quantitative estimate of drug-likeness (QED) is 0.399. The van der Waals surface area contributed by atoms with Crippen molar-refractivity contribution in [2.75, 3.05) is 12.8 Å². The lowest BCUT2D eigenvalue weighted by molar-refractivity contribution is 0.261. The van der Waals surface area contributed by atoms with Crippen LogP contribution in [0.2, 0.25) is 0 Å². The molecule has 0 unspecified atom stereocenters. The first-order chi connectivity index (χ1) is 4.45. The summed E-state index contributed by atoms with van der Waals surface area (Å²) in [6, 6.07) is -0.521. The lowest BCUT2D eigenvalue weighted by Gasteiger charge is -2.07. The highest BCUT2D eigenvalue weighted by molar-refractivity contribution is 7.51. The molecule has 5 N–H and O–H groups in total. The molecule has 0 aromatic heterocycles. The maximum Gasteiger partial charge on any atom is 0.325 e. The van der Waals surface area contributed by atoms with Gasteiger partial charge in [-0.15, -0.1) is 0 Å². The Morgan fingerprint density at radius 3 is 2.30 bits per heavy atom. The van der Waals surface area contributed by atoms with E-state index in [9.17, 15) is 4.57 Å². The van der Waals surface area contributed by atoms with Gasteiger partial charge in [0.1, 0.15) is 0 Å². The Morgan fingerprint density at radius 1 is 1.50 bits per heavy atom. The molecule has 0 radical (unpaired) electrons. The predicted molar refractivity (Wildman–Crippen MR) is 36.6 cm³/mol. The van der Waals surface area contributed by atoms with Crippen molar-refractivity contribution in [3.8, 4) is 0 Å². The molecular formula is C4H12NO4P. The Labute approximate surface area is 59.0 Å².